The Balaban J connectivity index is 2.14. The topological polar surface area (TPSA) is 79.1 Å². The van der Waals surface area contributed by atoms with Crippen LogP contribution in [0.3, 0.4) is 0 Å². The molecule has 2 aromatic heterocycles. The van der Waals surface area contributed by atoms with E-state index in [-0.39, 0.29) is 12.6 Å². The first-order chi connectivity index (χ1) is 11.6. The van der Waals surface area contributed by atoms with E-state index in [0.29, 0.717) is 12.5 Å². The van der Waals surface area contributed by atoms with Crippen molar-refractivity contribution in [3.05, 3.63) is 36.7 Å². The zero-order valence-corrected chi connectivity index (χ0v) is 14.1. The highest BCUT2D eigenvalue weighted by atomic mass is 16.3. The average molecular weight is 326 g/mol. The number of fused-ring (bicyclic) bond motifs is 1. The molecule has 0 aliphatic rings. The van der Waals surface area contributed by atoms with Crippen LogP contribution in [0, 0.1) is 0 Å². The monoisotopic (exact) mass is 326 g/mol. The van der Waals surface area contributed by atoms with Crippen molar-refractivity contribution in [3.8, 4) is 0 Å². The van der Waals surface area contributed by atoms with Gasteiger partial charge in [0, 0.05) is 25.3 Å². The van der Waals surface area contributed by atoms with E-state index in [1.54, 1.807) is 6.33 Å². The van der Waals surface area contributed by atoms with Crippen LogP contribution in [-0.2, 0) is 0 Å². The number of benzene rings is 1. The number of hydrogen-bond donors (Lipinski definition) is 2. The van der Waals surface area contributed by atoms with Crippen LogP contribution in [0.4, 0.5) is 17.5 Å². The first kappa shape index (κ1) is 16.2. The fourth-order valence-electron chi connectivity index (χ4n) is 2.53. The van der Waals surface area contributed by atoms with E-state index in [2.05, 4.69) is 34.1 Å². The number of hydrogen-bond acceptors (Lipinski definition) is 6. The summed E-state index contributed by atoms with van der Waals surface area (Å²) in [5.74, 6) is 1.21. The molecule has 0 spiro atoms. The van der Waals surface area contributed by atoms with Crippen molar-refractivity contribution in [1.82, 2.24) is 19.5 Å². The van der Waals surface area contributed by atoms with Crippen LogP contribution in [0.1, 0.15) is 19.9 Å². The quantitative estimate of drug-likeness (QED) is 0.725. The predicted octanol–water partition coefficient (Wildman–Crippen LogP) is 2.58. The van der Waals surface area contributed by atoms with Gasteiger partial charge in [-0.1, -0.05) is 18.2 Å². The van der Waals surface area contributed by atoms with Crippen molar-refractivity contribution < 1.29 is 5.11 Å². The maximum Gasteiger partial charge on any atom is 0.226 e. The van der Waals surface area contributed by atoms with E-state index in [0.717, 1.165) is 22.7 Å². The minimum absolute atomic E-state index is 0.0225. The molecular weight excluding hydrogens is 304 g/mol. The van der Waals surface area contributed by atoms with Crippen LogP contribution in [0.15, 0.2) is 36.7 Å². The maximum atomic E-state index is 9.05. The molecule has 0 radical (unpaired) electrons. The van der Waals surface area contributed by atoms with E-state index in [1.165, 1.54) is 0 Å². The van der Waals surface area contributed by atoms with Crippen LogP contribution in [0.2, 0.25) is 0 Å². The van der Waals surface area contributed by atoms with Crippen molar-refractivity contribution >= 4 is 28.6 Å². The van der Waals surface area contributed by atoms with Gasteiger partial charge in [0.1, 0.15) is 0 Å². The minimum atomic E-state index is 0.0225. The Bertz CT molecular complexity index is 815. The van der Waals surface area contributed by atoms with E-state index in [9.17, 15) is 0 Å². The number of rotatable bonds is 6. The molecule has 0 atom stereocenters. The largest absolute Gasteiger partial charge is 0.395 e. The highest BCUT2D eigenvalue weighted by molar-refractivity contribution is 5.87. The van der Waals surface area contributed by atoms with Gasteiger partial charge in [-0.3, -0.25) is 0 Å². The van der Waals surface area contributed by atoms with Gasteiger partial charge in [0.05, 0.1) is 12.9 Å². The smallest absolute Gasteiger partial charge is 0.226 e. The first-order valence-electron chi connectivity index (χ1n) is 8.00. The summed E-state index contributed by atoms with van der Waals surface area (Å²) in [4.78, 5) is 15.7. The summed E-state index contributed by atoms with van der Waals surface area (Å²) >= 11 is 0. The Morgan fingerprint density at radius 3 is 2.62 bits per heavy atom. The molecule has 7 nitrogen and oxygen atoms in total. The second-order valence-corrected chi connectivity index (χ2v) is 5.83. The lowest BCUT2D eigenvalue weighted by molar-refractivity contribution is 0.311. The van der Waals surface area contributed by atoms with Gasteiger partial charge in [0.15, 0.2) is 17.0 Å². The minimum Gasteiger partial charge on any atom is -0.395 e. The molecule has 3 aromatic rings. The third-order valence-electron chi connectivity index (χ3n) is 3.82. The van der Waals surface area contributed by atoms with E-state index in [4.69, 9.17) is 5.11 Å². The Morgan fingerprint density at radius 2 is 1.96 bits per heavy atom. The molecule has 1 aromatic carbocycles. The van der Waals surface area contributed by atoms with Crippen LogP contribution >= 0.6 is 0 Å². The average Bonchev–Trinajstić information content (AvgIpc) is 3.03. The number of nitrogens with zero attached hydrogens (tertiary/aromatic N) is 5. The number of para-hydroxylation sites is 1. The summed E-state index contributed by atoms with van der Waals surface area (Å²) in [5, 5.41) is 12.1. The van der Waals surface area contributed by atoms with Gasteiger partial charge in [-0.05, 0) is 26.0 Å². The molecular formula is C17H22N6O. The number of aliphatic hydroxyl groups excluding tert-OH is 1. The number of anilines is 3. The molecule has 0 bridgehead atoms. The molecule has 0 aliphatic carbocycles. The third-order valence-corrected chi connectivity index (χ3v) is 3.82. The van der Waals surface area contributed by atoms with Crippen LogP contribution in [0.5, 0.6) is 0 Å². The Hall–Kier alpha value is -2.67. The summed E-state index contributed by atoms with van der Waals surface area (Å²) in [6.45, 7) is 4.60. The van der Waals surface area contributed by atoms with Gasteiger partial charge in [-0.15, -0.1) is 0 Å². The van der Waals surface area contributed by atoms with Crippen LogP contribution in [0.25, 0.3) is 11.2 Å². The highest BCUT2D eigenvalue weighted by Gasteiger charge is 2.18. The van der Waals surface area contributed by atoms with Crippen molar-refractivity contribution in [2.24, 2.45) is 0 Å². The molecule has 7 heteroatoms. The molecule has 2 N–H and O–H groups in total. The van der Waals surface area contributed by atoms with Gasteiger partial charge in [-0.25, -0.2) is 4.98 Å². The molecule has 0 aliphatic heterocycles. The zero-order valence-electron chi connectivity index (χ0n) is 14.1. The van der Waals surface area contributed by atoms with Crippen molar-refractivity contribution in [3.63, 3.8) is 0 Å². The van der Waals surface area contributed by atoms with Crippen LogP contribution < -0.4 is 10.2 Å². The molecule has 0 saturated heterocycles. The normalized spacial score (nSPS) is 11.2. The maximum absolute atomic E-state index is 9.05. The van der Waals surface area contributed by atoms with Crippen LogP contribution in [-0.4, -0.2) is 44.8 Å². The van der Waals surface area contributed by atoms with E-state index >= 15 is 0 Å². The summed E-state index contributed by atoms with van der Waals surface area (Å²) in [6.07, 6.45) is 1.79. The van der Waals surface area contributed by atoms with Gasteiger partial charge in [0.2, 0.25) is 5.95 Å². The number of aromatic nitrogens is 4. The van der Waals surface area contributed by atoms with Crippen molar-refractivity contribution in [2.75, 3.05) is 30.4 Å². The number of aliphatic hydroxyl groups is 1. The lowest BCUT2D eigenvalue weighted by Crippen LogP contribution is -2.15. The molecule has 0 saturated carbocycles. The van der Waals surface area contributed by atoms with Crippen molar-refractivity contribution in [1.29, 1.82) is 0 Å². The number of imidazole rings is 1. The van der Waals surface area contributed by atoms with Gasteiger partial charge >= 0.3 is 0 Å². The molecule has 2 heterocycles. The van der Waals surface area contributed by atoms with E-state index in [1.807, 2.05) is 46.8 Å². The summed E-state index contributed by atoms with van der Waals surface area (Å²) in [6, 6.07) is 10.2. The molecule has 24 heavy (non-hydrogen) atoms. The highest BCUT2D eigenvalue weighted by Crippen LogP contribution is 2.29. The third kappa shape index (κ3) is 3.03. The Kier molecular flexibility index (Phi) is 4.61. The first-order valence-corrected chi connectivity index (χ1v) is 8.00. The fourth-order valence-corrected chi connectivity index (χ4v) is 2.53. The molecule has 126 valence electrons. The fraction of sp³-hybridized carbons (Fsp3) is 0.353. The van der Waals surface area contributed by atoms with Gasteiger partial charge < -0.3 is 19.9 Å². The number of nitrogens with one attached hydrogen (secondary N) is 1. The Labute approximate surface area is 141 Å². The van der Waals surface area contributed by atoms with Gasteiger partial charge in [0.25, 0.3) is 0 Å². The lowest BCUT2D eigenvalue weighted by Gasteiger charge is -2.19. The van der Waals surface area contributed by atoms with Crippen molar-refractivity contribution in [2.45, 2.75) is 19.9 Å². The summed E-state index contributed by atoms with van der Waals surface area (Å²) < 4.78 is 2.02. The predicted molar refractivity (Wildman–Crippen MR) is 95.8 cm³/mol. The summed E-state index contributed by atoms with van der Waals surface area (Å²) in [7, 11) is 1.96. The molecule has 0 unspecified atom stereocenters. The summed E-state index contributed by atoms with van der Waals surface area (Å²) in [5.41, 5.74) is 2.55. The zero-order chi connectivity index (χ0) is 17.1. The molecule has 0 amide bonds. The second kappa shape index (κ2) is 6.84. The molecule has 3 rings (SSSR count). The Morgan fingerprint density at radius 1 is 1.21 bits per heavy atom. The van der Waals surface area contributed by atoms with Gasteiger partial charge in [-0.2, -0.15) is 9.97 Å². The SMILES string of the molecule is CC(C)n1cnc2c(N(C)c3ccccc3)nc(NCCO)nc21. The van der Waals surface area contributed by atoms with E-state index < -0.39 is 0 Å². The standard InChI is InChI=1S/C17H22N6O/c1-12(2)23-11-19-14-15(22(3)13-7-5-4-6-8-13)20-17(18-9-10-24)21-16(14)23/h4-8,11-12,24H,9-10H2,1-3H3,(H,18,20,21). The second-order valence-electron chi connectivity index (χ2n) is 5.83. The lowest BCUT2D eigenvalue weighted by atomic mass is 10.3. The molecule has 0 fully saturated rings.